The Hall–Kier alpha value is -0.780. The van der Waals surface area contributed by atoms with E-state index in [4.69, 9.17) is 6.42 Å². The Morgan fingerprint density at radius 3 is 2.92 bits per heavy atom. The van der Waals surface area contributed by atoms with Gasteiger partial charge in [0.15, 0.2) is 0 Å². The van der Waals surface area contributed by atoms with Crippen LogP contribution in [0.1, 0.15) is 25.7 Å². The minimum atomic E-state index is -0.702. The topological polar surface area (TPSA) is 40.5 Å². The van der Waals surface area contributed by atoms with Gasteiger partial charge in [-0.1, -0.05) is 12.5 Å². The Morgan fingerprint density at radius 1 is 1.62 bits per heavy atom. The van der Waals surface area contributed by atoms with Crippen molar-refractivity contribution in [1.29, 1.82) is 0 Å². The number of aliphatic hydroxyl groups is 2. The van der Waals surface area contributed by atoms with Crippen LogP contribution in [0.3, 0.4) is 0 Å². The Kier molecular flexibility index (Phi) is 3.53. The van der Waals surface area contributed by atoms with Gasteiger partial charge in [-0.15, -0.1) is 6.42 Å². The molecule has 0 spiro atoms. The van der Waals surface area contributed by atoms with Crippen LogP contribution in [0.5, 0.6) is 0 Å². The van der Waals surface area contributed by atoms with E-state index in [1.54, 1.807) is 0 Å². The third kappa shape index (κ3) is 2.58. The van der Waals surface area contributed by atoms with Gasteiger partial charge in [0.25, 0.3) is 0 Å². The summed E-state index contributed by atoms with van der Waals surface area (Å²) >= 11 is 0. The lowest BCUT2D eigenvalue weighted by Gasteiger charge is -2.29. The molecule has 13 heavy (non-hydrogen) atoms. The zero-order valence-corrected chi connectivity index (χ0v) is 7.74. The predicted octanol–water partition coefficient (Wildman–Crippen LogP) is 1.09. The molecule has 0 amide bonds. The first-order chi connectivity index (χ1) is 6.15. The molecule has 1 aliphatic rings. The van der Waals surface area contributed by atoms with Gasteiger partial charge in [0.1, 0.15) is 6.10 Å². The second-order valence-corrected chi connectivity index (χ2v) is 3.64. The van der Waals surface area contributed by atoms with Crippen LogP contribution in [0, 0.1) is 18.3 Å². The summed E-state index contributed by atoms with van der Waals surface area (Å²) in [5.41, 5.74) is 0.834. The summed E-state index contributed by atoms with van der Waals surface area (Å²) in [6.45, 7) is 3.83. The molecule has 2 nitrogen and oxygen atoms in total. The molecule has 0 bridgehead atoms. The summed E-state index contributed by atoms with van der Waals surface area (Å²) in [7, 11) is 0. The van der Waals surface area contributed by atoms with E-state index in [0.717, 1.165) is 24.8 Å². The molecule has 72 valence electrons. The van der Waals surface area contributed by atoms with Gasteiger partial charge in [0.05, 0.1) is 6.10 Å². The van der Waals surface area contributed by atoms with Gasteiger partial charge in [0.2, 0.25) is 0 Å². The SMILES string of the molecule is C#CC(O)C[C@@H]1CCC[C@@H](O)C1=C. The van der Waals surface area contributed by atoms with Crippen molar-refractivity contribution in [2.75, 3.05) is 0 Å². The van der Waals surface area contributed by atoms with E-state index in [-0.39, 0.29) is 5.92 Å². The van der Waals surface area contributed by atoms with Crippen molar-refractivity contribution in [2.45, 2.75) is 37.9 Å². The third-order valence-corrected chi connectivity index (χ3v) is 2.68. The summed E-state index contributed by atoms with van der Waals surface area (Å²) in [5.74, 6) is 2.47. The molecule has 1 fully saturated rings. The van der Waals surface area contributed by atoms with Crippen molar-refractivity contribution >= 4 is 0 Å². The molecule has 0 aliphatic heterocycles. The van der Waals surface area contributed by atoms with Crippen LogP contribution in [0.25, 0.3) is 0 Å². The maximum atomic E-state index is 9.50. The summed E-state index contributed by atoms with van der Waals surface area (Å²) in [5, 5.41) is 18.8. The maximum absolute atomic E-state index is 9.50. The molecule has 0 saturated heterocycles. The van der Waals surface area contributed by atoms with Crippen LogP contribution >= 0.6 is 0 Å². The first-order valence-electron chi connectivity index (χ1n) is 4.66. The van der Waals surface area contributed by atoms with Crippen LogP contribution in [-0.2, 0) is 0 Å². The van der Waals surface area contributed by atoms with Crippen molar-refractivity contribution in [1.82, 2.24) is 0 Å². The van der Waals surface area contributed by atoms with Crippen molar-refractivity contribution in [2.24, 2.45) is 5.92 Å². The van der Waals surface area contributed by atoms with Crippen molar-refractivity contribution in [3.8, 4) is 12.3 Å². The molecule has 0 aromatic heterocycles. The lowest BCUT2D eigenvalue weighted by atomic mass is 9.80. The summed E-state index contributed by atoms with van der Waals surface area (Å²) < 4.78 is 0. The number of hydrogen-bond acceptors (Lipinski definition) is 2. The lowest BCUT2D eigenvalue weighted by molar-refractivity contribution is 0.137. The van der Waals surface area contributed by atoms with Crippen molar-refractivity contribution in [3.63, 3.8) is 0 Å². The minimum absolute atomic E-state index is 0.190. The van der Waals surface area contributed by atoms with Crippen LogP contribution in [0.15, 0.2) is 12.2 Å². The highest BCUT2D eigenvalue weighted by atomic mass is 16.3. The second kappa shape index (κ2) is 4.45. The Balaban J connectivity index is 2.50. The molecular formula is C11H16O2. The number of hydrogen-bond donors (Lipinski definition) is 2. The fourth-order valence-electron chi connectivity index (χ4n) is 1.81. The number of aliphatic hydroxyl groups excluding tert-OH is 2. The molecule has 1 aliphatic carbocycles. The van der Waals surface area contributed by atoms with Crippen LogP contribution < -0.4 is 0 Å². The van der Waals surface area contributed by atoms with Gasteiger partial charge in [-0.2, -0.15) is 0 Å². The van der Waals surface area contributed by atoms with E-state index in [2.05, 4.69) is 12.5 Å². The van der Waals surface area contributed by atoms with Gasteiger partial charge in [0, 0.05) is 0 Å². The van der Waals surface area contributed by atoms with E-state index in [0.29, 0.717) is 6.42 Å². The van der Waals surface area contributed by atoms with Gasteiger partial charge < -0.3 is 10.2 Å². The Morgan fingerprint density at radius 2 is 2.31 bits per heavy atom. The van der Waals surface area contributed by atoms with Gasteiger partial charge in [-0.25, -0.2) is 0 Å². The highest BCUT2D eigenvalue weighted by molar-refractivity contribution is 5.11. The van der Waals surface area contributed by atoms with Crippen LogP contribution in [0.4, 0.5) is 0 Å². The van der Waals surface area contributed by atoms with E-state index in [1.807, 2.05) is 0 Å². The van der Waals surface area contributed by atoms with E-state index in [1.165, 1.54) is 0 Å². The smallest absolute Gasteiger partial charge is 0.115 e. The van der Waals surface area contributed by atoms with E-state index < -0.39 is 12.2 Å². The quantitative estimate of drug-likeness (QED) is 0.493. The van der Waals surface area contributed by atoms with Gasteiger partial charge >= 0.3 is 0 Å². The molecule has 0 aromatic rings. The maximum Gasteiger partial charge on any atom is 0.115 e. The zero-order valence-electron chi connectivity index (χ0n) is 7.74. The molecule has 2 heteroatoms. The molecule has 0 aromatic carbocycles. The lowest BCUT2D eigenvalue weighted by Crippen LogP contribution is -2.25. The first-order valence-corrected chi connectivity index (χ1v) is 4.66. The molecule has 0 radical (unpaired) electrons. The Labute approximate surface area is 79.3 Å². The Bertz CT molecular complexity index is 227. The molecule has 2 N–H and O–H groups in total. The first kappa shape index (κ1) is 10.3. The molecule has 0 heterocycles. The average Bonchev–Trinajstić information content (AvgIpc) is 2.13. The number of rotatable bonds is 2. The molecule has 1 saturated carbocycles. The molecule has 1 unspecified atom stereocenters. The summed E-state index contributed by atoms with van der Waals surface area (Å²) in [6, 6.07) is 0. The minimum Gasteiger partial charge on any atom is -0.389 e. The fourth-order valence-corrected chi connectivity index (χ4v) is 1.81. The number of terminal acetylenes is 1. The van der Waals surface area contributed by atoms with Gasteiger partial charge in [-0.3, -0.25) is 0 Å². The predicted molar refractivity (Wildman–Crippen MR) is 51.9 cm³/mol. The fraction of sp³-hybridized carbons (Fsp3) is 0.636. The largest absolute Gasteiger partial charge is 0.389 e. The highest BCUT2D eigenvalue weighted by Crippen LogP contribution is 2.31. The van der Waals surface area contributed by atoms with Crippen LogP contribution in [0.2, 0.25) is 0 Å². The van der Waals surface area contributed by atoms with Crippen molar-refractivity contribution < 1.29 is 10.2 Å². The molecule has 1 rings (SSSR count). The zero-order chi connectivity index (χ0) is 9.84. The molecule has 3 atom stereocenters. The monoisotopic (exact) mass is 180 g/mol. The average molecular weight is 180 g/mol. The summed E-state index contributed by atoms with van der Waals surface area (Å²) in [6.07, 6.45) is 7.27. The third-order valence-electron chi connectivity index (χ3n) is 2.68. The second-order valence-electron chi connectivity index (χ2n) is 3.64. The van der Waals surface area contributed by atoms with Gasteiger partial charge in [-0.05, 0) is 37.2 Å². The van der Waals surface area contributed by atoms with Crippen molar-refractivity contribution in [3.05, 3.63) is 12.2 Å². The van der Waals surface area contributed by atoms with E-state index in [9.17, 15) is 10.2 Å². The summed E-state index contributed by atoms with van der Waals surface area (Å²) in [4.78, 5) is 0. The molecular weight excluding hydrogens is 164 g/mol. The van der Waals surface area contributed by atoms with E-state index >= 15 is 0 Å². The highest BCUT2D eigenvalue weighted by Gasteiger charge is 2.25. The van der Waals surface area contributed by atoms with Crippen LogP contribution in [-0.4, -0.2) is 22.4 Å². The normalized spacial score (nSPS) is 31.0. The standard InChI is InChI=1S/C11H16O2/c1-3-10(12)7-9-5-4-6-11(13)8(9)2/h1,9-13H,2,4-7H2/t9-,10?,11+/m0/s1.